The first-order chi connectivity index (χ1) is 13.5. The van der Waals surface area contributed by atoms with Crippen LogP contribution in [0, 0.1) is 0 Å². The highest BCUT2D eigenvalue weighted by Gasteiger charge is 2.39. The van der Waals surface area contributed by atoms with Gasteiger partial charge >= 0.3 is 0 Å². The SMILES string of the molecule is O=C([O-])[C@H]1Cc2[nH]cnc2[C@H](c2ccccc2)N1C(=S)Nc1ccc(Cl)cc1. The van der Waals surface area contributed by atoms with Crippen LogP contribution < -0.4 is 10.4 Å². The molecule has 1 aliphatic heterocycles. The fraction of sp³-hybridized carbons (Fsp3) is 0.150. The van der Waals surface area contributed by atoms with Crippen LogP contribution in [0.5, 0.6) is 0 Å². The van der Waals surface area contributed by atoms with E-state index in [1.54, 1.807) is 35.5 Å². The van der Waals surface area contributed by atoms with E-state index in [0.29, 0.717) is 10.7 Å². The highest BCUT2D eigenvalue weighted by molar-refractivity contribution is 7.80. The number of imidazole rings is 1. The van der Waals surface area contributed by atoms with E-state index in [0.717, 1.165) is 17.0 Å². The number of nitrogens with one attached hydrogen (secondary N) is 2. The Balaban J connectivity index is 1.76. The lowest BCUT2D eigenvalue weighted by molar-refractivity contribution is -0.311. The maximum absolute atomic E-state index is 12.0. The molecule has 2 aromatic carbocycles. The number of fused-ring (bicyclic) bond motifs is 1. The Hall–Kier alpha value is -2.90. The van der Waals surface area contributed by atoms with Gasteiger partial charge in [0.15, 0.2) is 5.11 Å². The molecule has 0 spiro atoms. The normalized spacial score (nSPS) is 18.4. The Morgan fingerprint density at radius 2 is 1.93 bits per heavy atom. The quantitative estimate of drug-likeness (QED) is 0.644. The van der Waals surface area contributed by atoms with E-state index in [2.05, 4.69) is 15.3 Å². The summed E-state index contributed by atoms with van der Waals surface area (Å²) in [5, 5.41) is 16.0. The van der Waals surface area contributed by atoms with Crippen LogP contribution >= 0.6 is 23.8 Å². The van der Waals surface area contributed by atoms with Crippen molar-refractivity contribution in [2.24, 2.45) is 0 Å². The summed E-state index contributed by atoms with van der Waals surface area (Å²) in [7, 11) is 0. The zero-order valence-corrected chi connectivity index (χ0v) is 16.2. The number of thiocarbonyl (C=S) groups is 1. The summed E-state index contributed by atoms with van der Waals surface area (Å²) in [5.41, 5.74) is 3.13. The van der Waals surface area contributed by atoms with Crippen LogP contribution in [0.2, 0.25) is 5.02 Å². The molecule has 4 rings (SSSR count). The second kappa shape index (κ2) is 7.61. The van der Waals surface area contributed by atoms with Crippen molar-refractivity contribution in [2.45, 2.75) is 18.5 Å². The van der Waals surface area contributed by atoms with Crippen LogP contribution in [0.15, 0.2) is 60.9 Å². The smallest absolute Gasteiger partial charge is 0.174 e. The molecule has 6 nitrogen and oxygen atoms in total. The molecule has 142 valence electrons. The maximum Gasteiger partial charge on any atom is 0.174 e. The van der Waals surface area contributed by atoms with Gasteiger partial charge < -0.3 is 25.1 Å². The van der Waals surface area contributed by atoms with Crippen LogP contribution in [-0.4, -0.2) is 32.0 Å². The minimum atomic E-state index is -1.19. The number of nitrogens with zero attached hydrogens (tertiary/aromatic N) is 2. The van der Waals surface area contributed by atoms with Gasteiger partial charge in [-0.25, -0.2) is 4.98 Å². The van der Waals surface area contributed by atoms with E-state index in [4.69, 9.17) is 23.8 Å². The Labute approximate surface area is 172 Å². The Morgan fingerprint density at radius 3 is 2.61 bits per heavy atom. The molecule has 0 bridgehead atoms. The van der Waals surface area contributed by atoms with Gasteiger partial charge in [0.05, 0.1) is 24.0 Å². The van der Waals surface area contributed by atoms with E-state index in [9.17, 15) is 9.90 Å². The third-order valence-electron chi connectivity index (χ3n) is 4.74. The number of carbonyl (C=O) groups is 1. The molecule has 2 heterocycles. The molecule has 28 heavy (non-hydrogen) atoms. The highest BCUT2D eigenvalue weighted by Crippen LogP contribution is 2.36. The summed E-state index contributed by atoms with van der Waals surface area (Å²) in [4.78, 5) is 21.1. The third-order valence-corrected chi connectivity index (χ3v) is 5.30. The predicted molar refractivity (Wildman–Crippen MR) is 109 cm³/mol. The molecule has 0 fully saturated rings. The van der Waals surface area contributed by atoms with E-state index in [1.807, 2.05) is 30.3 Å². The number of rotatable bonds is 3. The summed E-state index contributed by atoms with van der Waals surface area (Å²) < 4.78 is 0. The molecule has 0 saturated carbocycles. The lowest BCUT2D eigenvalue weighted by Gasteiger charge is -2.43. The number of aliphatic carboxylic acids is 1. The molecule has 1 aromatic heterocycles. The van der Waals surface area contributed by atoms with Gasteiger partial charge in [-0.15, -0.1) is 0 Å². The summed E-state index contributed by atoms with van der Waals surface area (Å²) in [6.07, 6.45) is 1.80. The van der Waals surface area contributed by atoms with Crippen molar-refractivity contribution in [1.82, 2.24) is 14.9 Å². The second-order valence-corrected chi connectivity index (χ2v) is 7.29. The number of benzene rings is 2. The molecule has 0 amide bonds. The molecule has 0 radical (unpaired) electrons. The average molecular weight is 412 g/mol. The molecule has 2 atom stereocenters. The lowest BCUT2D eigenvalue weighted by atomic mass is 9.91. The molecule has 8 heteroatoms. The zero-order chi connectivity index (χ0) is 19.7. The van der Waals surface area contributed by atoms with E-state index < -0.39 is 18.1 Å². The molecule has 0 unspecified atom stereocenters. The Kier molecular flexibility index (Phi) is 5.02. The zero-order valence-electron chi connectivity index (χ0n) is 14.6. The van der Waals surface area contributed by atoms with Crippen LogP contribution in [-0.2, 0) is 11.2 Å². The Bertz CT molecular complexity index is 1010. The minimum Gasteiger partial charge on any atom is -0.548 e. The lowest BCUT2D eigenvalue weighted by Crippen LogP contribution is -2.56. The van der Waals surface area contributed by atoms with Crippen LogP contribution in [0.25, 0.3) is 0 Å². The molecule has 3 aromatic rings. The van der Waals surface area contributed by atoms with Crippen molar-refractivity contribution in [3.05, 3.63) is 82.9 Å². The van der Waals surface area contributed by atoms with Gasteiger partial charge in [-0.2, -0.15) is 0 Å². The van der Waals surface area contributed by atoms with Gasteiger partial charge in [0, 0.05) is 22.8 Å². The number of halogens is 1. The number of carbonyl (C=O) groups excluding carboxylic acids is 1. The number of aromatic nitrogens is 2. The number of anilines is 1. The Morgan fingerprint density at radius 1 is 1.21 bits per heavy atom. The fourth-order valence-corrected chi connectivity index (χ4v) is 3.94. The maximum atomic E-state index is 12.0. The standard InChI is InChI=1S/C20H17ClN4O2S/c21-13-6-8-14(9-7-13)24-20(28)25-16(19(26)27)10-15-17(23-11-22-15)18(25)12-4-2-1-3-5-12/h1-9,11,16,18H,10H2,(H,22,23)(H,24,28)(H,26,27)/p-1/t16-,18+/m1/s1. The first-order valence-electron chi connectivity index (χ1n) is 8.67. The number of carboxylic acid groups (broad SMARTS) is 1. The molecule has 0 aliphatic carbocycles. The number of hydrogen-bond donors (Lipinski definition) is 2. The van der Waals surface area contributed by atoms with Crippen molar-refractivity contribution in [3.63, 3.8) is 0 Å². The van der Waals surface area contributed by atoms with Crippen molar-refractivity contribution in [2.75, 3.05) is 5.32 Å². The largest absolute Gasteiger partial charge is 0.548 e. The van der Waals surface area contributed by atoms with Gasteiger partial charge in [0.2, 0.25) is 0 Å². The second-order valence-electron chi connectivity index (χ2n) is 6.46. The molecular weight excluding hydrogens is 396 g/mol. The summed E-state index contributed by atoms with van der Waals surface area (Å²) >= 11 is 11.6. The summed E-state index contributed by atoms with van der Waals surface area (Å²) in [5.74, 6) is -1.19. The number of hydrogen-bond acceptors (Lipinski definition) is 4. The fourth-order valence-electron chi connectivity index (χ4n) is 3.46. The van der Waals surface area contributed by atoms with Gasteiger partial charge in [0.1, 0.15) is 6.04 Å². The number of H-pyrrole nitrogens is 1. The van der Waals surface area contributed by atoms with Crippen molar-refractivity contribution >= 4 is 40.6 Å². The van der Waals surface area contributed by atoms with Gasteiger partial charge in [-0.05, 0) is 42.0 Å². The van der Waals surface area contributed by atoms with Gasteiger partial charge in [-0.1, -0.05) is 41.9 Å². The van der Waals surface area contributed by atoms with E-state index in [1.165, 1.54) is 0 Å². The number of aromatic amines is 1. The topological polar surface area (TPSA) is 84.1 Å². The number of carboxylic acids is 1. The average Bonchev–Trinajstić information content (AvgIpc) is 3.17. The van der Waals surface area contributed by atoms with Gasteiger partial charge in [0.25, 0.3) is 0 Å². The van der Waals surface area contributed by atoms with Crippen molar-refractivity contribution < 1.29 is 9.90 Å². The van der Waals surface area contributed by atoms with Gasteiger partial charge in [-0.3, -0.25) is 0 Å². The van der Waals surface area contributed by atoms with Crippen molar-refractivity contribution in [1.29, 1.82) is 0 Å². The summed E-state index contributed by atoms with van der Waals surface area (Å²) in [6.45, 7) is 0. The van der Waals surface area contributed by atoms with E-state index in [-0.39, 0.29) is 11.5 Å². The van der Waals surface area contributed by atoms with Crippen LogP contribution in [0.1, 0.15) is 23.0 Å². The van der Waals surface area contributed by atoms with E-state index >= 15 is 0 Å². The molecule has 0 saturated heterocycles. The first-order valence-corrected chi connectivity index (χ1v) is 9.46. The van der Waals surface area contributed by atoms with Crippen molar-refractivity contribution in [3.8, 4) is 0 Å². The van der Waals surface area contributed by atoms with Crippen LogP contribution in [0.3, 0.4) is 0 Å². The van der Waals surface area contributed by atoms with Crippen LogP contribution in [0.4, 0.5) is 5.69 Å². The minimum absolute atomic E-state index is 0.226. The third kappa shape index (κ3) is 3.46. The first kappa shape index (κ1) is 18.5. The monoisotopic (exact) mass is 411 g/mol. The highest BCUT2D eigenvalue weighted by atomic mass is 35.5. The molecular formula is C20H16ClN4O2S-. The molecule has 2 N–H and O–H groups in total. The summed E-state index contributed by atoms with van der Waals surface area (Å²) in [6, 6.07) is 15.2. The molecule has 1 aliphatic rings. The predicted octanol–water partition coefficient (Wildman–Crippen LogP) is 2.53.